The Labute approximate surface area is 141 Å². The van der Waals surface area contributed by atoms with E-state index >= 15 is 0 Å². The second-order valence-corrected chi connectivity index (χ2v) is 5.12. The van der Waals surface area contributed by atoms with Crippen LogP contribution in [0.15, 0.2) is 47.1 Å². The number of carbonyl (C=O) groups is 1. The molecule has 0 spiro atoms. The summed E-state index contributed by atoms with van der Waals surface area (Å²) in [6.07, 6.45) is 0. The quantitative estimate of drug-likeness (QED) is 0.835. The number of nitrogens with two attached hydrogens (primary N) is 1. The summed E-state index contributed by atoms with van der Waals surface area (Å²) in [6, 6.07) is 9.27. The zero-order chi connectivity index (χ0) is 17.7. The standard InChI is InChI=1S/C18H20N2O4/c1-4-22-13-8-6-7-12(9-13)16-14(10-19)17(20)24-11(3)15(16)18(21)23-5-2/h6-9,16H,4-5,20H2,1-3H3. The predicted molar refractivity (Wildman–Crippen MR) is 87.6 cm³/mol. The Morgan fingerprint density at radius 2 is 2.12 bits per heavy atom. The van der Waals surface area contributed by atoms with Gasteiger partial charge in [-0.15, -0.1) is 0 Å². The molecule has 126 valence electrons. The Kier molecular flexibility index (Phi) is 5.48. The lowest BCUT2D eigenvalue weighted by Gasteiger charge is -2.27. The number of benzene rings is 1. The van der Waals surface area contributed by atoms with E-state index in [1.807, 2.05) is 25.1 Å². The van der Waals surface area contributed by atoms with Crippen LogP contribution < -0.4 is 10.5 Å². The third-order valence-corrected chi connectivity index (χ3v) is 3.60. The summed E-state index contributed by atoms with van der Waals surface area (Å²) >= 11 is 0. The highest BCUT2D eigenvalue weighted by Gasteiger charge is 2.36. The molecule has 24 heavy (non-hydrogen) atoms. The summed E-state index contributed by atoms with van der Waals surface area (Å²) in [5.74, 6) is -0.199. The third kappa shape index (κ3) is 3.35. The van der Waals surface area contributed by atoms with E-state index in [0.717, 1.165) is 0 Å². The Hall–Kier alpha value is -2.94. The van der Waals surface area contributed by atoms with Crippen LogP contribution in [0.3, 0.4) is 0 Å². The number of nitrogens with zero attached hydrogens (tertiary/aromatic N) is 1. The van der Waals surface area contributed by atoms with E-state index in [1.165, 1.54) is 0 Å². The summed E-state index contributed by atoms with van der Waals surface area (Å²) in [7, 11) is 0. The van der Waals surface area contributed by atoms with Crippen molar-refractivity contribution in [1.82, 2.24) is 0 Å². The second-order valence-electron chi connectivity index (χ2n) is 5.12. The Morgan fingerprint density at radius 3 is 2.75 bits per heavy atom. The number of allylic oxidation sites excluding steroid dienone is 2. The summed E-state index contributed by atoms with van der Waals surface area (Å²) in [5.41, 5.74) is 7.02. The Bertz CT molecular complexity index is 744. The van der Waals surface area contributed by atoms with E-state index in [0.29, 0.717) is 23.7 Å². The Morgan fingerprint density at radius 1 is 1.38 bits per heavy atom. The van der Waals surface area contributed by atoms with Crippen molar-refractivity contribution in [2.45, 2.75) is 26.7 Å². The maximum Gasteiger partial charge on any atom is 0.338 e. The topological polar surface area (TPSA) is 94.6 Å². The molecule has 0 aliphatic carbocycles. The van der Waals surface area contributed by atoms with Gasteiger partial charge < -0.3 is 19.9 Å². The van der Waals surface area contributed by atoms with Gasteiger partial charge in [-0.05, 0) is 38.5 Å². The number of rotatable bonds is 5. The minimum atomic E-state index is -0.650. The second kappa shape index (κ2) is 7.55. The number of nitriles is 1. The lowest BCUT2D eigenvalue weighted by Crippen LogP contribution is -2.25. The van der Waals surface area contributed by atoms with Crippen molar-refractivity contribution in [3.05, 3.63) is 52.6 Å². The van der Waals surface area contributed by atoms with Gasteiger partial charge in [0.05, 0.1) is 24.7 Å². The molecule has 0 amide bonds. The molecule has 6 heteroatoms. The van der Waals surface area contributed by atoms with E-state index in [9.17, 15) is 10.1 Å². The van der Waals surface area contributed by atoms with Crippen LogP contribution in [-0.4, -0.2) is 19.2 Å². The zero-order valence-electron chi connectivity index (χ0n) is 14.0. The van der Waals surface area contributed by atoms with Crippen LogP contribution >= 0.6 is 0 Å². The molecule has 1 unspecified atom stereocenters. The van der Waals surface area contributed by atoms with Crippen LogP contribution in [0.4, 0.5) is 0 Å². The van der Waals surface area contributed by atoms with E-state index in [-0.39, 0.29) is 23.6 Å². The smallest absolute Gasteiger partial charge is 0.338 e. The third-order valence-electron chi connectivity index (χ3n) is 3.60. The average Bonchev–Trinajstić information content (AvgIpc) is 2.55. The first-order valence-corrected chi connectivity index (χ1v) is 7.71. The molecule has 0 saturated heterocycles. The van der Waals surface area contributed by atoms with Gasteiger partial charge in [0, 0.05) is 0 Å². The van der Waals surface area contributed by atoms with Crippen LogP contribution in [-0.2, 0) is 14.3 Å². The van der Waals surface area contributed by atoms with Gasteiger partial charge in [-0.1, -0.05) is 12.1 Å². The van der Waals surface area contributed by atoms with Gasteiger partial charge in [-0.25, -0.2) is 4.79 Å². The van der Waals surface area contributed by atoms with E-state index in [2.05, 4.69) is 0 Å². The van der Waals surface area contributed by atoms with Crippen molar-refractivity contribution in [3.63, 3.8) is 0 Å². The zero-order valence-corrected chi connectivity index (χ0v) is 14.0. The molecule has 1 aromatic carbocycles. The molecule has 1 aliphatic rings. The van der Waals surface area contributed by atoms with Gasteiger partial charge in [-0.3, -0.25) is 0 Å². The fourth-order valence-corrected chi connectivity index (χ4v) is 2.64. The molecular formula is C18H20N2O4. The number of ether oxygens (including phenoxy) is 3. The lowest BCUT2D eigenvalue weighted by molar-refractivity contribution is -0.139. The van der Waals surface area contributed by atoms with Crippen molar-refractivity contribution in [2.75, 3.05) is 13.2 Å². The van der Waals surface area contributed by atoms with Gasteiger partial charge in [0.1, 0.15) is 23.2 Å². The predicted octanol–water partition coefficient (Wildman–Crippen LogP) is 2.73. The molecule has 1 aromatic rings. The lowest BCUT2D eigenvalue weighted by atomic mass is 9.83. The number of carbonyl (C=O) groups excluding carboxylic acids is 1. The highest BCUT2D eigenvalue weighted by molar-refractivity contribution is 5.92. The normalized spacial score (nSPS) is 17.2. The number of hydrogen-bond donors (Lipinski definition) is 1. The van der Waals surface area contributed by atoms with Crippen LogP contribution in [0.1, 0.15) is 32.3 Å². The Balaban J connectivity index is 2.58. The molecule has 2 N–H and O–H groups in total. The van der Waals surface area contributed by atoms with Crippen LogP contribution in [0.25, 0.3) is 0 Å². The van der Waals surface area contributed by atoms with Crippen LogP contribution in [0.5, 0.6) is 5.75 Å². The molecule has 0 saturated carbocycles. The minimum absolute atomic E-state index is 0.00476. The van der Waals surface area contributed by atoms with Gasteiger partial charge in [0.2, 0.25) is 5.88 Å². The molecule has 6 nitrogen and oxygen atoms in total. The molecule has 0 fully saturated rings. The summed E-state index contributed by atoms with van der Waals surface area (Å²) < 4.78 is 16.0. The minimum Gasteiger partial charge on any atom is -0.494 e. The molecule has 0 bridgehead atoms. The molecule has 1 aliphatic heterocycles. The largest absolute Gasteiger partial charge is 0.494 e. The SMILES string of the molecule is CCOC(=O)C1=C(C)OC(N)=C(C#N)C1c1cccc(OCC)c1. The maximum atomic E-state index is 12.4. The average molecular weight is 328 g/mol. The van der Waals surface area contributed by atoms with E-state index < -0.39 is 11.9 Å². The van der Waals surface area contributed by atoms with Crippen molar-refractivity contribution < 1.29 is 19.0 Å². The van der Waals surface area contributed by atoms with E-state index in [1.54, 1.807) is 26.0 Å². The number of esters is 1. The van der Waals surface area contributed by atoms with Gasteiger partial charge in [0.25, 0.3) is 0 Å². The monoisotopic (exact) mass is 328 g/mol. The fraction of sp³-hybridized carbons (Fsp3) is 0.333. The molecular weight excluding hydrogens is 308 g/mol. The fourth-order valence-electron chi connectivity index (χ4n) is 2.64. The van der Waals surface area contributed by atoms with Gasteiger partial charge in [0.15, 0.2) is 0 Å². The molecule has 1 heterocycles. The van der Waals surface area contributed by atoms with Crippen LogP contribution in [0.2, 0.25) is 0 Å². The summed E-state index contributed by atoms with van der Waals surface area (Å²) in [4.78, 5) is 12.4. The van der Waals surface area contributed by atoms with Crippen molar-refractivity contribution in [3.8, 4) is 11.8 Å². The summed E-state index contributed by atoms with van der Waals surface area (Å²) in [5, 5.41) is 9.51. The summed E-state index contributed by atoms with van der Waals surface area (Å²) in [6.45, 7) is 5.97. The molecule has 0 aromatic heterocycles. The van der Waals surface area contributed by atoms with Gasteiger partial charge >= 0.3 is 5.97 Å². The highest BCUT2D eigenvalue weighted by atomic mass is 16.5. The maximum absolute atomic E-state index is 12.4. The van der Waals surface area contributed by atoms with Crippen molar-refractivity contribution in [2.24, 2.45) is 5.73 Å². The number of hydrogen-bond acceptors (Lipinski definition) is 6. The molecule has 0 radical (unpaired) electrons. The molecule has 2 rings (SSSR count). The van der Waals surface area contributed by atoms with Crippen LogP contribution in [0, 0.1) is 11.3 Å². The van der Waals surface area contributed by atoms with Crippen molar-refractivity contribution in [1.29, 1.82) is 5.26 Å². The van der Waals surface area contributed by atoms with E-state index in [4.69, 9.17) is 19.9 Å². The first-order valence-electron chi connectivity index (χ1n) is 7.71. The van der Waals surface area contributed by atoms with Crippen molar-refractivity contribution >= 4 is 5.97 Å². The molecule has 1 atom stereocenters. The highest BCUT2D eigenvalue weighted by Crippen LogP contribution is 2.40. The first-order chi connectivity index (χ1) is 11.5. The first kappa shape index (κ1) is 17.4. The van der Waals surface area contributed by atoms with Gasteiger partial charge in [-0.2, -0.15) is 5.26 Å².